The smallest absolute Gasteiger partial charge is 0.330 e. The van der Waals surface area contributed by atoms with Crippen molar-refractivity contribution in [2.45, 2.75) is 27.7 Å². The van der Waals surface area contributed by atoms with Gasteiger partial charge in [0.25, 0.3) is 0 Å². The lowest BCUT2D eigenvalue weighted by Crippen LogP contribution is -2.12. The zero-order valence-electron chi connectivity index (χ0n) is 23.3. The van der Waals surface area contributed by atoms with Crippen LogP contribution in [0.25, 0.3) is 22.3 Å². The van der Waals surface area contributed by atoms with Crippen molar-refractivity contribution >= 4 is 5.97 Å². The Hall–Kier alpha value is -4.03. The van der Waals surface area contributed by atoms with Crippen molar-refractivity contribution in [3.8, 4) is 34.1 Å². The molecule has 8 heteroatoms. The second kappa shape index (κ2) is 22.0. The number of hydrogen-bond donors (Lipinski definition) is 1. The van der Waals surface area contributed by atoms with E-state index in [0.29, 0.717) is 30.1 Å². The normalized spacial score (nSPS) is 9.18. The van der Waals surface area contributed by atoms with E-state index < -0.39 is 5.97 Å². The van der Waals surface area contributed by atoms with E-state index in [4.69, 9.17) is 24.7 Å². The van der Waals surface area contributed by atoms with Gasteiger partial charge in [-0.1, -0.05) is 70.7 Å². The Balaban J connectivity index is 0.00000189. The molecule has 0 atom stereocenters. The molecule has 3 aromatic rings. The molecule has 3 aromatic carbocycles. The predicted molar refractivity (Wildman–Crippen MR) is 152 cm³/mol. The minimum absolute atomic E-state index is 0.162. The third-order valence-corrected chi connectivity index (χ3v) is 4.62. The summed E-state index contributed by atoms with van der Waals surface area (Å²) < 4.78 is 30.5. The van der Waals surface area contributed by atoms with Gasteiger partial charge in [0.1, 0.15) is 24.8 Å². The van der Waals surface area contributed by atoms with E-state index >= 15 is 0 Å². The number of esters is 1. The van der Waals surface area contributed by atoms with Crippen LogP contribution in [0.3, 0.4) is 0 Å². The van der Waals surface area contributed by atoms with Crippen LogP contribution in [0.5, 0.6) is 5.75 Å². The molecule has 0 aliphatic rings. The zero-order valence-corrected chi connectivity index (χ0v) is 23.3. The number of carbonyl (C=O) groups is 1. The molecule has 3 rings (SSSR count). The van der Waals surface area contributed by atoms with Crippen LogP contribution in [0.15, 0.2) is 79.4 Å². The predicted octanol–water partition coefficient (Wildman–Crippen LogP) is 7.31. The van der Waals surface area contributed by atoms with Gasteiger partial charge < -0.3 is 14.2 Å². The quantitative estimate of drug-likeness (QED) is 0.0948. The van der Waals surface area contributed by atoms with Crippen molar-refractivity contribution in [1.82, 2.24) is 0 Å². The van der Waals surface area contributed by atoms with Gasteiger partial charge in [0, 0.05) is 11.6 Å². The molecule has 39 heavy (non-hydrogen) atoms. The molecule has 0 unspecified atom stereocenters. The molecular weight excluding hydrogens is 501 g/mol. The lowest BCUT2D eigenvalue weighted by molar-refractivity contribution is -0.214. The van der Waals surface area contributed by atoms with Crippen molar-refractivity contribution in [3.63, 3.8) is 0 Å². The van der Waals surface area contributed by atoms with E-state index in [1.165, 1.54) is 13.2 Å². The van der Waals surface area contributed by atoms with Crippen LogP contribution in [0.4, 0.5) is 4.39 Å². The maximum Gasteiger partial charge on any atom is 0.330 e. The summed E-state index contributed by atoms with van der Waals surface area (Å²) >= 11 is 0. The topological polar surface area (TPSA) is 98.0 Å². The second-order valence-corrected chi connectivity index (χ2v) is 6.92. The summed E-state index contributed by atoms with van der Waals surface area (Å²) in [5.41, 5.74) is 3.39. The molecule has 0 saturated carbocycles. The summed E-state index contributed by atoms with van der Waals surface area (Å²) in [6, 6.07) is 21.3. The summed E-state index contributed by atoms with van der Waals surface area (Å²) in [6.45, 7) is 12.4. The van der Waals surface area contributed by atoms with E-state index in [2.05, 4.69) is 17.5 Å². The minimum Gasteiger partial charge on any atom is -0.491 e. The van der Waals surface area contributed by atoms with Crippen molar-refractivity contribution < 1.29 is 33.5 Å². The molecule has 7 nitrogen and oxygen atoms in total. The van der Waals surface area contributed by atoms with E-state index in [1.54, 1.807) is 54.6 Å². The molecule has 0 aromatic heterocycles. The number of hydrogen-bond acceptors (Lipinski definition) is 7. The van der Waals surface area contributed by atoms with E-state index in [0.717, 1.165) is 22.8 Å². The van der Waals surface area contributed by atoms with Crippen molar-refractivity contribution in [1.29, 1.82) is 5.26 Å². The molecule has 0 aliphatic heterocycles. The Bertz CT molecular complexity index is 1130. The third kappa shape index (κ3) is 13.4. The molecule has 0 aliphatic carbocycles. The number of nitriles is 1. The number of carbonyl (C=O) groups excluding carboxylic acids is 1. The van der Waals surface area contributed by atoms with E-state index in [-0.39, 0.29) is 19.0 Å². The van der Waals surface area contributed by atoms with Gasteiger partial charge in [-0.25, -0.2) is 14.1 Å². The summed E-state index contributed by atoms with van der Waals surface area (Å²) in [6.07, 6.45) is 1.10. The fourth-order valence-corrected chi connectivity index (χ4v) is 2.98. The molecule has 0 amide bonds. The van der Waals surface area contributed by atoms with E-state index in [9.17, 15) is 9.18 Å². The fourth-order valence-electron chi connectivity index (χ4n) is 2.98. The Morgan fingerprint density at radius 2 is 1.44 bits per heavy atom. The monoisotopic (exact) mass is 539 g/mol. The van der Waals surface area contributed by atoms with Crippen LogP contribution >= 0.6 is 0 Å². The molecule has 0 saturated heterocycles. The van der Waals surface area contributed by atoms with Gasteiger partial charge in [-0.2, -0.15) is 5.26 Å². The molecule has 0 radical (unpaired) electrons. The minimum atomic E-state index is -0.481. The highest BCUT2D eigenvalue weighted by atomic mass is 19.1. The number of halogens is 1. The van der Waals surface area contributed by atoms with E-state index in [1.807, 2.05) is 33.8 Å². The second-order valence-electron chi connectivity index (χ2n) is 6.92. The van der Waals surface area contributed by atoms with Crippen LogP contribution in [0.1, 0.15) is 33.3 Å². The largest absolute Gasteiger partial charge is 0.491 e. The average molecular weight is 540 g/mol. The van der Waals surface area contributed by atoms with Gasteiger partial charge in [0.05, 0.1) is 32.0 Å². The first-order valence-corrected chi connectivity index (χ1v) is 12.6. The lowest BCUT2D eigenvalue weighted by Gasteiger charge is -2.10. The molecule has 0 fully saturated rings. The highest BCUT2D eigenvalue weighted by Gasteiger charge is 2.08. The summed E-state index contributed by atoms with van der Waals surface area (Å²) in [4.78, 5) is 14.1. The number of nitrogens with zero attached hydrogens (tertiary/aromatic N) is 1. The standard InChI is InChI=1S/C26H22FNO4.2C2H6.CH4O2/c1-2-26(29)32-16-14-30-13-15-31-23-10-7-21(8-11-23)24-12-9-22(17-25(24)27)20-5-3-19(18-28)4-6-20;2*1-2;1-3-2/h2-12,17H,1,13-16H2;2*1-2H3;2H,1H3. The highest BCUT2D eigenvalue weighted by molar-refractivity contribution is 5.81. The van der Waals surface area contributed by atoms with Gasteiger partial charge in [0.15, 0.2) is 0 Å². The first kappa shape index (κ1) is 35.0. The maximum absolute atomic E-state index is 14.8. The maximum atomic E-state index is 14.8. The van der Waals surface area contributed by atoms with Crippen LogP contribution < -0.4 is 4.74 Å². The number of benzene rings is 3. The van der Waals surface area contributed by atoms with Gasteiger partial charge >= 0.3 is 5.97 Å². The van der Waals surface area contributed by atoms with Crippen LogP contribution in [-0.2, 0) is 19.2 Å². The van der Waals surface area contributed by atoms with Crippen molar-refractivity contribution in [2.24, 2.45) is 0 Å². The van der Waals surface area contributed by atoms with Gasteiger partial charge in [-0.05, 0) is 47.0 Å². The third-order valence-electron chi connectivity index (χ3n) is 4.62. The molecule has 210 valence electrons. The van der Waals surface area contributed by atoms with Gasteiger partial charge in [-0.3, -0.25) is 5.26 Å². The fraction of sp³-hybridized carbons (Fsp3) is 0.290. The van der Waals surface area contributed by atoms with Gasteiger partial charge in [-0.15, -0.1) is 0 Å². The molecule has 0 heterocycles. The Morgan fingerprint density at radius 1 is 0.897 bits per heavy atom. The summed E-state index contributed by atoms with van der Waals surface area (Å²) in [5.74, 6) is -0.165. The lowest BCUT2D eigenvalue weighted by atomic mass is 9.99. The Kier molecular flexibility index (Phi) is 19.7. The first-order chi connectivity index (χ1) is 19.0. The Labute approximate surface area is 231 Å². The highest BCUT2D eigenvalue weighted by Crippen LogP contribution is 2.29. The average Bonchev–Trinajstić information content (AvgIpc) is 2.99. The molecular formula is C31H38FNO6. The number of ether oxygens (including phenoxy) is 3. The van der Waals surface area contributed by atoms with Crippen LogP contribution in [0.2, 0.25) is 0 Å². The summed E-state index contributed by atoms with van der Waals surface area (Å²) in [7, 11) is 1.18. The van der Waals surface area contributed by atoms with Gasteiger partial charge in [0.2, 0.25) is 0 Å². The molecule has 0 spiro atoms. The molecule has 1 N–H and O–H groups in total. The molecule has 0 bridgehead atoms. The van der Waals surface area contributed by atoms with Crippen LogP contribution in [-0.4, -0.2) is 44.8 Å². The number of rotatable bonds is 10. The SMILES string of the molecule is C=CC(=O)OCCOCCOc1ccc(-c2ccc(-c3ccc(C#N)cc3)cc2F)cc1.CC.CC.COO. The van der Waals surface area contributed by atoms with Crippen molar-refractivity contribution in [3.05, 3.63) is 90.8 Å². The van der Waals surface area contributed by atoms with Crippen molar-refractivity contribution in [2.75, 3.05) is 33.5 Å². The Morgan fingerprint density at radius 3 is 1.97 bits per heavy atom. The summed E-state index contributed by atoms with van der Waals surface area (Å²) in [5, 5.41) is 16.0. The first-order valence-electron chi connectivity index (χ1n) is 12.6. The zero-order chi connectivity index (χ0) is 29.5. The van der Waals surface area contributed by atoms with Crippen LogP contribution in [0, 0.1) is 17.1 Å².